The Morgan fingerprint density at radius 2 is 1.54 bits per heavy atom. The van der Waals surface area contributed by atoms with Gasteiger partial charge in [0.2, 0.25) is 0 Å². The number of nitrogens with zero attached hydrogens (tertiary/aromatic N) is 4. The van der Waals surface area contributed by atoms with Gasteiger partial charge in [-0.2, -0.15) is 0 Å². The smallest absolute Gasteiger partial charge is 0.180 e. The van der Waals surface area contributed by atoms with Crippen LogP contribution in [0, 0.1) is 0 Å². The minimum absolute atomic E-state index is 0.337. The van der Waals surface area contributed by atoms with E-state index >= 15 is 0 Å². The van der Waals surface area contributed by atoms with Crippen LogP contribution in [0.25, 0.3) is 33.8 Å². The fourth-order valence-corrected chi connectivity index (χ4v) is 2.69. The number of pyridine rings is 2. The molecule has 0 aliphatic carbocycles. The lowest BCUT2D eigenvalue weighted by Gasteiger charge is -2.04. The molecule has 0 aliphatic rings. The minimum atomic E-state index is 0.337. The van der Waals surface area contributed by atoms with E-state index in [2.05, 4.69) is 57.6 Å². The molecule has 0 unspecified atom stereocenters. The molecule has 0 atom stereocenters. The zero-order valence-electron chi connectivity index (χ0n) is 14.3. The molecule has 0 aliphatic heterocycles. The van der Waals surface area contributed by atoms with Crippen LogP contribution in [0.15, 0.2) is 24.3 Å². The fraction of sp³-hybridized carbons (Fsp3) is 0.333. The average Bonchev–Trinajstić information content (AvgIpc) is 3.15. The molecule has 2 N–H and O–H groups in total. The van der Waals surface area contributed by atoms with E-state index in [1.807, 2.05) is 24.3 Å². The first-order valence-corrected chi connectivity index (χ1v) is 8.25. The number of fused-ring (bicyclic) bond motifs is 2. The monoisotopic (exact) mass is 320 g/mol. The lowest BCUT2D eigenvalue weighted by atomic mass is 10.1. The number of H-pyrrole nitrogens is 2. The highest BCUT2D eigenvalue weighted by Gasteiger charge is 2.13. The van der Waals surface area contributed by atoms with E-state index in [1.165, 1.54) is 0 Å². The van der Waals surface area contributed by atoms with Crippen LogP contribution < -0.4 is 0 Å². The zero-order chi connectivity index (χ0) is 16.8. The van der Waals surface area contributed by atoms with E-state index in [9.17, 15) is 0 Å². The lowest BCUT2D eigenvalue weighted by Crippen LogP contribution is -1.94. The third-order valence-electron chi connectivity index (χ3n) is 4.09. The summed E-state index contributed by atoms with van der Waals surface area (Å²) in [6, 6.07) is 8.03. The predicted octanol–water partition coefficient (Wildman–Crippen LogP) is 4.14. The molecule has 0 saturated carbocycles. The van der Waals surface area contributed by atoms with Gasteiger partial charge in [-0.1, -0.05) is 33.8 Å². The highest BCUT2D eigenvalue weighted by Crippen LogP contribution is 2.23. The molecule has 0 fully saturated rings. The van der Waals surface area contributed by atoms with E-state index in [-0.39, 0.29) is 0 Å². The summed E-state index contributed by atoms with van der Waals surface area (Å²) in [5, 5.41) is 0. The molecule has 6 nitrogen and oxygen atoms in total. The number of nitrogens with one attached hydrogen (secondary N) is 2. The normalized spacial score (nSPS) is 12.1. The van der Waals surface area contributed by atoms with Gasteiger partial charge < -0.3 is 9.97 Å². The van der Waals surface area contributed by atoms with Gasteiger partial charge >= 0.3 is 0 Å². The second kappa shape index (κ2) is 5.40. The Morgan fingerprint density at radius 1 is 0.792 bits per heavy atom. The first-order valence-electron chi connectivity index (χ1n) is 8.25. The Hall–Kier alpha value is -2.76. The second-order valence-electron chi connectivity index (χ2n) is 6.70. The average molecular weight is 320 g/mol. The number of imidazole rings is 2. The Labute approximate surface area is 139 Å². The summed E-state index contributed by atoms with van der Waals surface area (Å²) in [7, 11) is 0. The summed E-state index contributed by atoms with van der Waals surface area (Å²) in [5.41, 5.74) is 5.05. The third kappa shape index (κ3) is 2.44. The molecule has 0 radical (unpaired) electrons. The predicted molar refractivity (Wildman–Crippen MR) is 94.9 cm³/mol. The molecule has 24 heavy (non-hydrogen) atoms. The highest BCUT2D eigenvalue weighted by molar-refractivity contribution is 5.86. The summed E-state index contributed by atoms with van der Waals surface area (Å²) in [5.74, 6) is 2.39. The molecular weight excluding hydrogens is 300 g/mol. The van der Waals surface area contributed by atoms with Gasteiger partial charge in [0.1, 0.15) is 11.5 Å². The molecule has 0 aromatic carbocycles. The molecule has 6 heteroatoms. The standard InChI is InChI=1S/C18H20N6/c1-9(2)11-6-5-7-12(19-11)16-21-14-8-13-17(24-18(14)23-16)22-15(20-13)10(3)4/h5-10H,1-4H3,(H2,20,21,22,23,24). The fourth-order valence-electron chi connectivity index (χ4n) is 2.69. The summed E-state index contributed by atoms with van der Waals surface area (Å²) in [6.45, 7) is 8.47. The number of hydrogen-bond donors (Lipinski definition) is 2. The molecular formula is C18H20N6. The van der Waals surface area contributed by atoms with Crippen molar-refractivity contribution in [1.82, 2.24) is 29.9 Å². The van der Waals surface area contributed by atoms with Gasteiger partial charge in [-0.3, -0.25) is 0 Å². The maximum Gasteiger partial charge on any atom is 0.180 e. The second-order valence-corrected chi connectivity index (χ2v) is 6.70. The third-order valence-corrected chi connectivity index (χ3v) is 4.09. The molecule has 4 aromatic rings. The van der Waals surface area contributed by atoms with Crippen molar-refractivity contribution in [3.63, 3.8) is 0 Å². The van der Waals surface area contributed by atoms with Crippen LogP contribution in [0.3, 0.4) is 0 Å². The van der Waals surface area contributed by atoms with Gasteiger partial charge in [0, 0.05) is 11.6 Å². The topological polar surface area (TPSA) is 83.1 Å². The van der Waals surface area contributed by atoms with Crippen LogP contribution in [0.4, 0.5) is 0 Å². The van der Waals surface area contributed by atoms with Gasteiger partial charge in [-0.15, -0.1) is 0 Å². The van der Waals surface area contributed by atoms with Crippen LogP contribution in [0.1, 0.15) is 51.0 Å². The first-order chi connectivity index (χ1) is 11.5. The van der Waals surface area contributed by atoms with Gasteiger partial charge in [-0.25, -0.2) is 19.9 Å². The van der Waals surface area contributed by atoms with Crippen LogP contribution in [-0.2, 0) is 0 Å². The van der Waals surface area contributed by atoms with Gasteiger partial charge in [0.25, 0.3) is 0 Å². The Kier molecular flexibility index (Phi) is 3.33. The summed E-state index contributed by atoms with van der Waals surface area (Å²) in [6.07, 6.45) is 0. The van der Waals surface area contributed by atoms with E-state index in [0.717, 1.165) is 34.1 Å². The van der Waals surface area contributed by atoms with Crippen LogP contribution in [-0.4, -0.2) is 29.9 Å². The lowest BCUT2D eigenvalue weighted by molar-refractivity contribution is 0.798. The maximum atomic E-state index is 4.69. The van der Waals surface area contributed by atoms with Crippen LogP contribution in [0.2, 0.25) is 0 Å². The molecule has 122 valence electrons. The van der Waals surface area contributed by atoms with Crippen molar-refractivity contribution in [1.29, 1.82) is 0 Å². The molecule has 4 aromatic heterocycles. The van der Waals surface area contributed by atoms with Crippen molar-refractivity contribution in [3.8, 4) is 11.5 Å². The van der Waals surface area contributed by atoms with Crippen molar-refractivity contribution >= 4 is 22.3 Å². The molecule has 0 bridgehead atoms. The highest BCUT2D eigenvalue weighted by atomic mass is 15.1. The first kappa shape index (κ1) is 14.8. The molecule has 4 heterocycles. The van der Waals surface area contributed by atoms with Crippen molar-refractivity contribution < 1.29 is 0 Å². The van der Waals surface area contributed by atoms with Crippen molar-refractivity contribution in [2.45, 2.75) is 39.5 Å². The molecule has 0 amide bonds. The van der Waals surface area contributed by atoms with E-state index in [1.54, 1.807) is 0 Å². The quantitative estimate of drug-likeness (QED) is 0.594. The Balaban J connectivity index is 1.82. The van der Waals surface area contributed by atoms with Crippen LogP contribution >= 0.6 is 0 Å². The number of rotatable bonds is 3. The van der Waals surface area contributed by atoms with Gasteiger partial charge in [-0.05, 0) is 24.1 Å². The van der Waals surface area contributed by atoms with Crippen molar-refractivity contribution in [2.75, 3.05) is 0 Å². The van der Waals surface area contributed by atoms with Crippen molar-refractivity contribution in [3.05, 3.63) is 35.8 Å². The van der Waals surface area contributed by atoms with Gasteiger partial charge in [0.15, 0.2) is 17.1 Å². The Bertz CT molecular complexity index is 974. The zero-order valence-corrected chi connectivity index (χ0v) is 14.3. The Morgan fingerprint density at radius 3 is 2.29 bits per heavy atom. The number of hydrogen-bond acceptors (Lipinski definition) is 4. The van der Waals surface area contributed by atoms with E-state index < -0.39 is 0 Å². The summed E-state index contributed by atoms with van der Waals surface area (Å²) in [4.78, 5) is 25.1. The molecule has 4 rings (SSSR count). The SMILES string of the molecule is CC(C)c1cccc(-c2nc3nc4nc(C(C)C)[nH]c4cc3[nH]2)n1. The summed E-state index contributed by atoms with van der Waals surface area (Å²) >= 11 is 0. The van der Waals surface area contributed by atoms with Crippen molar-refractivity contribution in [2.24, 2.45) is 0 Å². The largest absolute Gasteiger partial charge is 0.340 e. The summed E-state index contributed by atoms with van der Waals surface area (Å²) < 4.78 is 0. The molecule has 0 saturated heterocycles. The van der Waals surface area contributed by atoms with E-state index in [4.69, 9.17) is 0 Å². The van der Waals surface area contributed by atoms with Crippen LogP contribution in [0.5, 0.6) is 0 Å². The van der Waals surface area contributed by atoms with E-state index in [0.29, 0.717) is 23.1 Å². The maximum absolute atomic E-state index is 4.69. The van der Waals surface area contributed by atoms with Gasteiger partial charge in [0.05, 0.1) is 11.0 Å². The minimum Gasteiger partial charge on any atom is -0.340 e. The molecule has 0 spiro atoms. The number of aromatic nitrogens is 6. The number of aromatic amines is 2.